The van der Waals surface area contributed by atoms with E-state index in [4.69, 9.17) is 4.42 Å². The summed E-state index contributed by atoms with van der Waals surface area (Å²) in [5.41, 5.74) is 1.88. The highest BCUT2D eigenvalue weighted by molar-refractivity contribution is 5.89. The Morgan fingerprint density at radius 1 is 1.22 bits per heavy atom. The Morgan fingerprint density at radius 3 is 2.78 bits per heavy atom. The minimum atomic E-state index is -0.459. The van der Waals surface area contributed by atoms with Gasteiger partial charge < -0.3 is 14.6 Å². The lowest BCUT2D eigenvalue weighted by Gasteiger charge is -2.28. The zero-order valence-electron chi connectivity index (χ0n) is 12.9. The van der Waals surface area contributed by atoms with Crippen molar-refractivity contribution in [2.75, 3.05) is 13.1 Å². The minimum Gasteiger partial charge on any atom is -0.472 e. The Balaban J connectivity index is 1.78. The summed E-state index contributed by atoms with van der Waals surface area (Å²) in [6, 6.07) is 11.1. The lowest BCUT2D eigenvalue weighted by Crippen LogP contribution is -2.49. The monoisotopic (exact) mass is 312 g/mol. The summed E-state index contributed by atoms with van der Waals surface area (Å²) < 4.78 is 5.02. The van der Waals surface area contributed by atoms with Crippen molar-refractivity contribution < 1.29 is 14.0 Å². The predicted octanol–water partition coefficient (Wildman–Crippen LogP) is 1.78. The molecule has 1 aliphatic heterocycles. The van der Waals surface area contributed by atoms with E-state index in [-0.39, 0.29) is 18.2 Å². The van der Waals surface area contributed by atoms with Crippen molar-refractivity contribution in [1.29, 1.82) is 0 Å². The molecule has 5 nitrogen and oxygen atoms in total. The molecule has 0 aliphatic carbocycles. The molecule has 1 N–H and O–H groups in total. The van der Waals surface area contributed by atoms with Crippen molar-refractivity contribution in [2.45, 2.75) is 25.3 Å². The maximum absolute atomic E-state index is 12.7. The molecule has 2 amide bonds. The number of nitrogens with one attached hydrogen (secondary N) is 1. The van der Waals surface area contributed by atoms with Crippen molar-refractivity contribution in [3.8, 4) is 0 Å². The summed E-state index contributed by atoms with van der Waals surface area (Å²) in [5.74, 6) is -0.115. The number of carbonyl (C=O) groups is 2. The van der Waals surface area contributed by atoms with Crippen LogP contribution in [-0.4, -0.2) is 35.8 Å². The number of hydrogen-bond acceptors (Lipinski definition) is 3. The van der Waals surface area contributed by atoms with E-state index >= 15 is 0 Å². The SMILES string of the molecule is O=C1NCCCN(C(=O)Cc2ccoc2)C1Cc1ccccc1. The molecule has 120 valence electrons. The van der Waals surface area contributed by atoms with Gasteiger partial charge in [-0.05, 0) is 23.6 Å². The zero-order valence-corrected chi connectivity index (χ0v) is 12.9. The maximum atomic E-state index is 12.7. The summed E-state index contributed by atoms with van der Waals surface area (Å²) in [5, 5.41) is 2.91. The molecular formula is C18H20N2O3. The van der Waals surface area contributed by atoms with E-state index < -0.39 is 6.04 Å². The highest BCUT2D eigenvalue weighted by atomic mass is 16.3. The van der Waals surface area contributed by atoms with Gasteiger partial charge in [0.15, 0.2) is 0 Å². The van der Waals surface area contributed by atoms with Crippen LogP contribution in [0.5, 0.6) is 0 Å². The third-order valence-corrected chi connectivity index (χ3v) is 4.08. The largest absolute Gasteiger partial charge is 0.472 e. The van der Waals surface area contributed by atoms with Crippen molar-refractivity contribution in [3.05, 3.63) is 60.1 Å². The number of furan rings is 1. The van der Waals surface area contributed by atoms with Gasteiger partial charge in [0.2, 0.25) is 11.8 Å². The van der Waals surface area contributed by atoms with Crippen molar-refractivity contribution in [3.63, 3.8) is 0 Å². The third kappa shape index (κ3) is 3.80. The van der Waals surface area contributed by atoms with Crippen LogP contribution < -0.4 is 5.32 Å². The van der Waals surface area contributed by atoms with E-state index in [1.165, 1.54) is 0 Å². The van der Waals surface area contributed by atoms with Gasteiger partial charge in [-0.2, -0.15) is 0 Å². The van der Waals surface area contributed by atoms with Crippen molar-refractivity contribution >= 4 is 11.8 Å². The van der Waals surface area contributed by atoms with E-state index in [9.17, 15) is 9.59 Å². The van der Waals surface area contributed by atoms with Crippen LogP contribution in [0.1, 0.15) is 17.5 Å². The third-order valence-electron chi connectivity index (χ3n) is 4.08. The van der Waals surface area contributed by atoms with Crippen LogP contribution in [-0.2, 0) is 22.4 Å². The molecule has 1 aromatic heterocycles. The average Bonchev–Trinajstić information content (AvgIpc) is 3.00. The molecule has 0 saturated carbocycles. The Morgan fingerprint density at radius 2 is 2.04 bits per heavy atom. The Labute approximate surface area is 135 Å². The fraction of sp³-hybridized carbons (Fsp3) is 0.333. The first-order valence-corrected chi connectivity index (χ1v) is 7.86. The van der Waals surface area contributed by atoms with E-state index in [0.717, 1.165) is 17.5 Å². The van der Waals surface area contributed by atoms with Gasteiger partial charge in [-0.1, -0.05) is 30.3 Å². The molecule has 1 fully saturated rings. The van der Waals surface area contributed by atoms with Gasteiger partial charge in [-0.15, -0.1) is 0 Å². The molecular weight excluding hydrogens is 292 g/mol. The first-order chi connectivity index (χ1) is 11.2. The second kappa shape index (κ2) is 7.13. The maximum Gasteiger partial charge on any atom is 0.243 e. The highest BCUT2D eigenvalue weighted by Gasteiger charge is 2.31. The van der Waals surface area contributed by atoms with Crippen LogP contribution >= 0.6 is 0 Å². The van der Waals surface area contributed by atoms with Gasteiger partial charge >= 0.3 is 0 Å². The van der Waals surface area contributed by atoms with E-state index in [2.05, 4.69) is 5.32 Å². The lowest BCUT2D eigenvalue weighted by molar-refractivity contribution is -0.139. The van der Waals surface area contributed by atoms with Crippen LogP contribution in [0.15, 0.2) is 53.3 Å². The predicted molar refractivity (Wildman–Crippen MR) is 85.7 cm³/mol. The molecule has 3 rings (SSSR count). The van der Waals surface area contributed by atoms with Gasteiger partial charge in [-0.3, -0.25) is 9.59 Å². The normalized spacial score (nSPS) is 18.3. The fourth-order valence-corrected chi connectivity index (χ4v) is 2.88. The zero-order chi connectivity index (χ0) is 16.1. The first kappa shape index (κ1) is 15.3. The van der Waals surface area contributed by atoms with E-state index in [0.29, 0.717) is 19.5 Å². The molecule has 5 heteroatoms. The number of benzene rings is 1. The molecule has 1 aliphatic rings. The Kier molecular flexibility index (Phi) is 4.76. The van der Waals surface area contributed by atoms with Gasteiger partial charge in [0.25, 0.3) is 0 Å². The topological polar surface area (TPSA) is 62.6 Å². The molecule has 1 aromatic carbocycles. The lowest BCUT2D eigenvalue weighted by atomic mass is 10.0. The number of rotatable bonds is 4. The van der Waals surface area contributed by atoms with Gasteiger partial charge in [0, 0.05) is 19.5 Å². The standard InChI is InChI=1S/C18H20N2O3/c21-17(12-15-7-10-23-13-15)20-9-4-8-19-18(22)16(20)11-14-5-2-1-3-6-14/h1-3,5-7,10,13,16H,4,8-9,11-12H2,(H,19,22). The second-order valence-electron chi connectivity index (χ2n) is 5.75. The van der Waals surface area contributed by atoms with Crippen LogP contribution in [0.4, 0.5) is 0 Å². The van der Waals surface area contributed by atoms with Crippen LogP contribution in [0.25, 0.3) is 0 Å². The molecule has 2 heterocycles. The summed E-state index contributed by atoms with van der Waals surface area (Å²) >= 11 is 0. The molecule has 1 atom stereocenters. The van der Waals surface area contributed by atoms with Crippen molar-refractivity contribution in [2.24, 2.45) is 0 Å². The van der Waals surface area contributed by atoms with Gasteiger partial charge in [0.05, 0.1) is 18.9 Å². The number of carbonyl (C=O) groups excluding carboxylic acids is 2. The number of amides is 2. The van der Waals surface area contributed by atoms with E-state index in [1.54, 1.807) is 23.5 Å². The number of nitrogens with zero attached hydrogens (tertiary/aromatic N) is 1. The Bertz CT molecular complexity index is 652. The van der Waals surface area contributed by atoms with Gasteiger partial charge in [-0.25, -0.2) is 0 Å². The average molecular weight is 312 g/mol. The fourth-order valence-electron chi connectivity index (χ4n) is 2.88. The summed E-state index contributed by atoms with van der Waals surface area (Å²) in [7, 11) is 0. The first-order valence-electron chi connectivity index (χ1n) is 7.86. The quantitative estimate of drug-likeness (QED) is 0.936. The molecule has 0 spiro atoms. The minimum absolute atomic E-state index is 0.0376. The molecule has 2 aromatic rings. The second-order valence-corrected chi connectivity index (χ2v) is 5.75. The smallest absolute Gasteiger partial charge is 0.243 e. The van der Waals surface area contributed by atoms with Crippen LogP contribution in [0.3, 0.4) is 0 Å². The highest BCUT2D eigenvalue weighted by Crippen LogP contribution is 2.15. The van der Waals surface area contributed by atoms with Crippen molar-refractivity contribution in [1.82, 2.24) is 10.2 Å². The van der Waals surface area contributed by atoms with Crippen LogP contribution in [0, 0.1) is 0 Å². The summed E-state index contributed by atoms with van der Waals surface area (Å²) in [6.07, 6.45) is 4.69. The summed E-state index contributed by atoms with van der Waals surface area (Å²) in [6.45, 7) is 1.20. The molecule has 23 heavy (non-hydrogen) atoms. The summed E-state index contributed by atoms with van der Waals surface area (Å²) in [4.78, 5) is 26.8. The van der Waals surface area contributed by atoms with E-state index in [1.807, 2.05) is 30.3 Å². The van der Waals surface area contributed by atoms with Crippen LogP contribution in [0.2, 0.25) is 0 Å². The molecule has 1 unspecified atom stereocenters. The van der Waals surface area contributed by atoms with Gasteiger partial charge in [0.1, 0.15) is 6.04 Å². The molecule has 0 radical (unpaired) electrons. The Hall–Kier alpha value is -2.56. The molecule has 1 saturated heterocycles. The molecule has 0 bridgehead atoms. The number of hydrogen-bond donors (Lipinski definition) is 1.